The zero-order valence-corrected chi connectivity index (χ0v) is 13.6. The summed E-state index contributed by atoms with van der Waals surface area (Å²) in [5.41, 5.74) is 1.25. The molecular formula is C14H9Br2ClF2. The van der Waals surface area contributed by atoms with Gasteiger partial charge in [0.2, 0.25) is 0 Å². The van der Waals surface area contributed by atoms with E-state index in [2.05, 4.69) is 31.9 Å². The van der Waals surface area contributed by atoms with Crippen LogP contribution in [0.3, 0.4) is 0 Å². The van der Waals surface area contributed by atoms with Gasteiger partial charge in [-0.1, -0.05) is 45.7 Å². The molecule has 0 aliphatic heterocycles. The lowest BCUT2D eigenvalue weighted by molar-refractivity contribution is 0.498. The highest BCUT2D eigenvalue weighted by molar-refractivity contribution is 9.10. The van der Waals surface area contributed by atoms with Gasteiger partial charge >= 0.3 is 0 Å². The third-order valence-electron chi connectivity index (χ3n) is 2.74. The minimum atomic E-state index is -0.828. The van der Waals surface area contributed by atoms with Gasteiger partial charge in [-0.15, -0.1) is 0 Å². The molecule has 0 saturated carbocycles. The third kappa shape index (κ3) is 3.56. The molecule has 5 heteroatoms. The largest absolute Gasteiger partial charge is 0.204 e. The van der Waals surface area contributed by atoms with Gasteiger partial charge in [0, 0.05) is 9.30 Å². The Balaban J connectivity index is 2.23. The molecule has 2 aromatic rings. The van der Waals surface area contributed by atoms with Gasteiger partial charge in [0.15, 0.2) is 11.6 Å². The van der Waals surface area contributed by atoms with E-state index in [1.54, 1.807) is 12.1 Å². The summed E-state index contributed by atoms with van der Waals surface area (Å²) in [7, 11) is 0. The van der Waals surface area contributed by atoms with Gasteiger partial charge in [-0.3, -0.25) is 0 Å². The van der Waals surface area contributed by atoms with Crippen molar-refractivity contribution >= 4 is 43.5 Å². The Hall–Kier alpha value is -0.450. The lowest BCUT2D eigenvalue weighted by Gasteiger charge is -2.12. The van der Waals surface area contributed by atoms with Gasteiger partial charge in [-0.2, -0.15) is 0 Å². The van der Waals surface area contributed by atoms with Gasteiger partial charge < -0.3 is 0 Å². The van der Waals surface area contributed by atoms with Crippen LogP contribution >= 0.6 is 43.5 Å². The first-order chi connectivity index (χ1) is 8.99. The van der Waals surface area contributed by atoms with Gasteiger partial charge in [0.05, 0.1) is 5.02 Å². The monoisotopic (exact) mass is 408 g/mol. The summed E-state index contributed by atoms with van der Waals surface area (Å²) in [6.07, 6.45) is 0.349. The Morgan fingerprint density at radius 1 is 1.16 bits per heavy atom. The molecule has 2 aromatic carbocycles. The zero-order chi connectivity index (χ0) is 14.0. The van der Waals surface area contributed by atoms with E-state index in [0.717, 1.165) is 16.1 Å². The fourth-order valence-electron chi connectivity index (χ4n) is 1.72. The number of rotatable bonds is 3. The Labute approximate surface area is 132 Å². The molecule has 0 aromatic heterocycles. The van der Waals surface area contributed by atoms with Gasteiger partial charge in [0.1, 0.15) is 0 Å². The number of halogens is 5. The minimum Gasteiger partial charge on any atom is -0.204 e. The molecule has 0 aliphatic rings. The molecule has 0 nitrogen and oxygen atoms in total. The van der Waals surface area contributed by atoms with Crippen molar-refractivity contribution in [2.45, 2.75) is 11.2 Å². The van der Waals surface area contributed by atoms with Crippen molar-refractivity contribution in [2.75, 3.05) is 0 Å². The summed E-state index contributed by atoms with van der Waals surface area (Å²) in [5.74, 6) is -1.62. The lowest BCUT2D eigenvalue weighted by atomic mass is 10.0. The second-order valence-electron chi connectivity index (χ2n) is 4.06. The average molecular weight is 410 g/mol. The first-order valence-electron chi connectivity index (χ1n) is 5.51. The van der Waals surface area contributed by atoms with E-state index in [1.165, 1.54) is 6.07 Å². The highest BCUT2D eigenvalue weighted by Gasteiger charge is 2.14. The SMILES string of the molecule is Fc1cccc(CC(Br)c2ccc(Br)c(Cl)c2)c1F. The predicted molar refractivity (Wildman–Crippen MR) is 80.9 cm³/mol. The van der Waals surface area contributed by atoms with Crippen LogP contribution in [0.5, 0.6) is 0 Å². The van der Waals surface area contributed by atoms with E-state index in [1.807, 2.05) is 12.1 Å². The Morgan fingerprint density at radius 3 is 2.58 bits per heavy atom. The van der Waals surface area contributed by atoms with Crippen LogP contribution < -0.4 is 0 Å². The quantitative estimate of drug-likeness (QED) is 0.540. The molecule has 2 rings (SSSR count). The van der Waals surface area contributed by atoms with Crippen LogP contribution in [0.2, 0.25) is 5.02 Å². The molecule has 0 fully saturated rings. The van der Waals surface area contributed by atoms with Gasteiger partial charge in [-0.25, -0.2) is 8.78 Å². The summed E-state index contributed by atoms with van der Waals surface area (Å²) >= 11 is 12.8. The Kier molecular flexibility index (Phi) is 4.98. The first-order valence-corrected chi connectivity index (χ1v) is 7.59. The second kappa shape index (κ2) is 6.33. The first kappa shape index (κ1) is 14.9. The van der Waals surface area contributed by atoms with E-state index in [-0.39, 0.29) is 4.83 Å². The molecule has 0 bridgehead atoms. The Bertz CT molecular complexity index is 602. The van der Waals surface area contributed by atoms with Crippen molar-refractivity contribution in [2.24, 2.45) is 0 Å². The summed E-state index contributed by atoms with van der Waals surface area (Å²) in [4.78, 5) is -0.130. The van der Waals surface area contributed by atoms with Crippen LogP contribution in [0, 0.1) is 11.6 Å². The van der Waals surface area contributed by atoms with Crippen molar-refractivity contribution in [1.82, 2.24) is 0 Å². The maximum atomic E-state index is 13.6. The molecule has 0 heterocycles. The second-order valence-corrected chi connectivity index (χ2v) is 6.43. The summed E-state index contributed by atoms with van der Waals surface area (Å²) < 4.78 is 27.5. The molecule has 0 saturated heterocycles. The van der Waals surface area contributed by atoms with Crippen molar-refractivity contribution < 1.29 is 8.78 Å². The zero-order valence-electron chi connectivity index (χ0n) is 9.64. The minimum absolute atomic E-state index is 0.130. The fraction of sp³-hybridized carbons (Fsp3) is 0.143. The van der Waals surface area contributed by atoms with Gasteiger partial charge in [-0.05, 0) is 51.7 Å². The highest BCUT2D eigenvalue weighted by Crippen LogP contribution is 2.32. The smallest absolute Gasteiger partial charge is 0.162 e. The van der Waals surface area contributed by atoms with E-state index < -0.39 is 11.6 Å². The number of benzene rings is 2. The van der Waals surface area contributed by atoms with Crippen molar-refractivity contribution in [3.8, 4) is 0 Å². The van der Waals surface area contributed by atoms with Crippen LogP contribution in [-0.4, -0.2) is 0 Å². The average Bonchev–Trinajstić information content (AvgIpc) is 2.38. The van der Waals surface area contributed by atoms with Crippen LogP contribution in [0.1, 0.15) is 16.0 Å². The molecule has 0 N–H and O–H groups in total. The predicted octanol–water partition coefficient (Wildman–Crippen LogP) is 6.06. The molecule has 100 valence electrons. The maximum Gasteiger partial charge on any atom is 0.162 e. The van der Waals surface area contributed by atoms with Crippen LogP contribution in [0.25, 0.3) is 0 Å². The number of hydrogen-bond acceptors (Lipinski definition) is 0. The number of hydrogen-bond donors (Lipinski definition) is 0. The van der Waals surface area contributed by atoms with Crippen LogP contribution in [-0.2, 0) is 6.42 Å². The van der Waals surface area contributed by atoms with E-state index in [9.17, 15) is 8.78 Å². The normalized spacial score (nSPS) is 12.5. The topological polar surface area (TPSA) is 0 Å². The van der Waals surface area contributed by atoms with Crippen molar-refractivity contribution in [3.63, 3.8) is 0 Å². The lowest BCUT2D eigenvalue weighted by Crippen LogP contribution is -2.00. The molecule has 19 heavy (non-hydrogen) atoms. The van der Waals surface area contributed by atoms with Crippen molar-refractivity contribution in [1.29, 1.82) is 0 Å². The molecule has 0 radical (unpaired) electrons. The summed E-state index contributed by atoms with van der Waals surface area (Å²) in [5, 5.41) is 0.585. The molecule has 0 aliphatic carbocycles. The number of alkyl halides is 1. The summed E-state index contributed by atoms with van der Waals surface area (Å²) in [6.45, 7) is 0. The van der Waals surface area contributed by atoms with E-state index in [4.69, 9.17) is 11.6 Å². The van der Waals surface area contributed by atoms with E-state index in [0.29, 0.717) is 17.0 Å². The molecule has 0 spiro atoms. The van der Waals surface area contributed by atoms with Crippen LogP contribution in [0.4, 0.5) is 8.78 Å². The fourth-order valence-corrected chi connectivity index (χ4v) is 2.79. The molecule has 1 atom stereocenters. The molecule has 0 amide bonds. The summed E-state index contributed by atoms with van der Waals surface area (Å²) in [6, 6.07) is 9.69. The Morgan fingerprint density at radius 2 is 1.89 bits per heavy atom. The standard InChI is InChI=1S/C14H9Br2ClF2/c15-10-5-4-8(7-12(10)17)11(16)6-9-2-1-3-13(18)14(9)19/h1-5,7,11H,6H2. The third-order valence-corrected chi connectivity index (χ3v) is 4.82. The van der Waals surface area contributed by atoms with Gasteiger partial charge in [0.25, 0.3) is 0 Å². The maximum absolute atomic E-state index is 13.6. The molecular weight excluding hydrogens is 401 g/mol. The van der Waals surface area contributed by atoms with E-state index >= 15 is 0 Å². The van der Waals surface area contributed by atoms with Crippen molar-refractivity contribution in [3.05, 3.63) is 68.7 Å². The highest BCUT2D eigenvalue weighted by atomic mass is 79.9. The molecule has 1 unspecified atom stereocenters. The van der Waals surface area contributed by atoms with Crippen LogP contribution in [0.15, 0.2) is 40.9 Å².